The van der Waals surface area contributed by atoms with Gasteiger partial charge in [0.25, 0.3) is 0 Å². The first-order valence-electron chi connectivity index (χ1n) is 25.4. The maximum Gasteiger partial charge on any atom is 0.100 e. The molecule has 0 fully saturated rings. The van der Waals surface area contributed by atoms with Crippen LogP contribution in [0.3, 0.4) is 0 Å². The van der Waals surface area contributed by atoms with Crippen molar-refractivity contribution >= 4 is 0 Å². The highest BCUT2D eigenvalue weighted by Crippen LogP contribution is 2.19. The normalized spacial score (nSPS) is 12.3. The molecule has 1 heteroatoms. The maximum atomic E-state index is 14.3. The Morgan fingerprint density at radius 3 is 0.442 bits per heavy atom. The highest BCUT2D eigenvalue weighted by atomic mass is 19.1. The van der Waals surface area contributed by atoms with Crippen LogP contribution in [-0.4, -0.2) is 6.17 Å². The van der Waals surface area contributed by atoms with E-state index in [4.69, 9.17) is 0 Å². The molecule has 0 radical (unpaired) electrons. The Kier molecular flexibility index (Phi) is 48.9. The Labute approximate surface area is 331 Å². The molecule has 0 aromatic rings. The molecule has 0 rings (SSSR count). The molecule has 0 spiro atoms. The Morgan fingerprint density at radius 2 is 0.308 bits per heavy atom. The number of rotatable bonds is 48. The molecular formula is C51H103F. The lowest BCUT2D eigenvalue weighted by molar-refractivity contribution is 0.279. The van der Waals surface area contributed by atoms with Gasteiger partial charge in [0.15, 0.2) is 0 Å². The third-order valence-electron chi connectivity index (χ3n) is 12.2. The number of alkyl halides is 1. The van der Waals surface area contributed by atoms with Gasteiger partial charge in [0.2, 0.25) is 0 Å². The Morgan fingerprint density at radius 1 is 0.192 bits per heavy atom. The minimum atomic E-state index is -0.536. The highest BCUT2D eigenvalue weighted by molar-refractivity contribution is 4.59. The molecule has 0 aliphatic heterocycles. The van der Waals surface area contributed by atoms with E-state index in [1.54, 1.807) is 0 Å². The fourth-order valence-corrected chi connectivity index (χ4v) is 8.45. The fraction of sp³-hybridized carbons (Fsp3) is 1.00. The van der Waals surface area contributed by atoms with Gasteiger partial charge >= 0.3 is 0 Å². The second-order valence-electron chi connectivity index (χ2n) is 17.7. The van der Waals surface area contributed by atoms with E-state index in [1.165, 1.54) is 283 Å². The first-order valence-corrected chi connectivity index (χ1v) is 25.4. The van der Waals surface area contributed by atoms with Gasteiger partial charge in [0.1, 0.15) is 6.17 Å². The molecule has 52 heavy (non-hydrogen) atoms. The summed E-state index contributed by atoms with van der Waals surface area (Å²) in [4.78, 5) is 0. The summed E-state index contributed by atoms with van der Waals surface area (Å²) in [5.41, 5.74) is 0. The third kappa shape index (κ3) is 48.0. The molecular weight excluding hydrogens is 632 g/mol. The van der Waals surface area contributed by atoms with Crippen LogP contribution in [0.1, 0.15) is 322 Å². The Hall–Kier alpha value is -0.0700. The molecule has 0 heterocycles. The molecule has 0 nitrogen and oxygen atoms in total. The summed E-state index contributed by atoms with van der Waals surface area (Å²) < 4.78 is 14.3. The summed E-state index contributed by atoms with van der Waals surface area (Å²) in [6, 6.07) is 0. The minimum Gasteiger partial charge on any atom is -0.247 e. The van der Waals surface area contributed by atoms with Crippen molar-refractivity contribution in [1.82, 2.24) is 0 Å². The van der Waals surface area contributed by atoms with Crippen LogP contribution in [0.25, 0.3) is 0 Å². The zero-order valence-corrected chi connectivity index (χ0v) is 36.9. The standard InChI is InChI=1S/C51H103F/c1-3-5-7-9-11-13-15-17-19-20-21-22-23-24-25-26-27-28-29-30-31-32-33-34-36-38-40-42-44-46-48-50-51(52)49-47-45-43-41-39-37-35-18-16-14-12-10-8-6-4-2/h51H,3-50H2,1-2H3. The number of unbranched alkanes of at least 4 members (excludes halogenated alkanes) is 44. The molecule has 0 saturated carbocycles. The number of halogens is 1. The van der Waals surface area contributed by atoms with E-state index < -0.39 is 6.17 Å². The number of hydrogen-bond acceptors (Lipinski definition) is 0. The summed E-state index contributed by atoms with van der Waals surface area (Å²) in [6.07, 6.45) is 66.4. The molecule has 0 bridgehead atoms. The smallest absolute Gasteiger partial charge is 0.100 e. The van der Waals surface area contributed by atoms with Crippen LogP contribution in [0.5, 0.6) is 0 Å². The largest absolute Gasteiger partial charge is 0.247 e. The van der Waals surface area contributed by atoms with Crippen molar-refractivity contribution in [2.24, 2.45) is 0 Å². The Balaban J connectivity index is 3.12. The van der Waals surface area contributed by atoms with Crippen molar-refractivity contribution in [3.8, 4) is 0 Å². The summed E-state index contributed by atoms with van der Waals surface area (Å²) in [7, 11) is 0. The van der Waals surface area contributed by atoms with E-state index in [1.807, 2.05) is 0 Å². The predicted molar refractivity (Wildman–Crippen MR) is 238 cm³/mol. The van der Waals surface area contributed by atoms with Gasteiger partial charge in [0, 0.05) is 0 Å². The van der Waals surface area contributed by atoms with Crippen molar-refractivity contribution in [3.63, 3.8) is 0 Å². The van der Waals surface area contributed by atoms with E-state index in [-0.39, 0.29) is 0 Å². The monoisotopic (exact) mass is 735 g/mol. The van der Waals surface area contributed by atoms with Gasteiger partial charge in [-0.2, -0.15) is 0 Å². The second kappa shape index (κ2) is 48.9. The molecule has 0 aliphatic rings. The molecule has 0 aromatic carbocycles. The SMILES string of the molecule is CCCCCCCCCCCCCCCCCCCCCCCCCCCCCCCCCC(F)CCCCCCCCCCCCCCCCC. The van der Waals surface area contributed by atoms with Crippen molar-refractivity contribution < 1.29 is 4.39 Å². The minimum absolute atomic E-state index is 0.536. The van der Waals surface area contributed by atoms with E-state index in [9.17, 15) is 4.39 Å². The third-order valence-corrected chi connectivity index (χ3v) is 12.2. The quantitative estimate of drug-likeness (QED) is 0.0546. The summed E-state index contributed by atoms with van der Waals surface area (Å²) in [5.74, 6) is 0. The van der Waals surface area contributed by atoms with E-state index in [2.05, 4.69) is 13.8 Å². The summed E-state index contributed by atoms with van der Waals surface area (Å²) in [5, 5.41) is 0. The van der Waals surface area contributed by atoms with Gasteiger partial charge in [-0.3, -0.25) is 0 Å². The molecule has 0 aliphatic carbocycles. The van der Waals surface area contributed by atoms with Crippen molar-refractivity contribution in [1.29, 1.82) is 0 Å². The highest BCUT2D eigenvalue weighted by Gasteiger charge is 2.06. The first kappa shape index (κ1) is 51.9. The van der Waals surface area contributed by atoms with Crippen LogP contribution >= 0.6 is 0 Å². The molecule has 0 aromatic heterocycles. The second-order valence-corrected chi connectivity index (χ2v) is 17.7. The summed E-state index contributed by atoms with van der Waals surface area (Å²) in [6.45, 7) is 4.60. The van der Waals surface area contributed by atoms with Crippen molar-refractivity contribution in [3.05, 3.63) is 0 Å². The molecule has 314 valence electrons. The van der Waals surface area contributed by atoms with E-state index >= 15 is 0 Å². The zero-order valence-electron chi connectivity index (χ0n) is 36.9. The molecule has 0 N–H and O–H groups in total. The lowest BCUT2D eigenvalue weighted by Gasteiger charge is -2.08. The number of hydrogen-bond donors (Lipinski definition) is 0. The summed E-state index contributed by atoms with van der Waals surface area (Å²) >= 11 is 0. The Bertz CT molecular complexity index is 586. The van der Waals surface area contributed by atoms with Gasteiger partial charge in [-0.1, -0.05) is 309 Å². The van der Waals surface area contributed by atoms with Crippen LogP contribution in [0, 0.1) is 0 Å². The van der Waals surface area contributed by atoms with Crippen LogP contribution < -0.4 is 0 Å². The van der Waals surface area contributed by atoms with Crippen LogP contribution in [0.4, 0.5) is 4.39 Å². The van der Waals surface area contributed by atoms with Gasteiger partial charge in [-0.25, -0.2) is 4.39 Å². The lowest BCUT2D eigenvalue weighted by Crippen LogP contribution is -2.00. The zero-order chi connectivity index (χ0) is 37.5. The van der Waals surface area contributed by atoms with E-state index in [0.29, 0.717) is 0 Å². The predicted octanol–water partition coefficient (Wildman–Crippen LogP) is 20.1. The van der Waals surface area contributed by atoms with Gasteiger partial charge in [-0.15, -0.1) is 0 Å². The van der Waals surface area contributed by atoms with Crippen LogP contribution in [0.15, 0.2) is 0 Å². The molecule has 0 saturated heterocycles. The van der Waals surface area contributed by atoms with Gasteiger partial charge in [0.05, 0.1) is 0 Å². The molecule has 1 unspecified atom stereocenters. The van der Waals surface area contributed by atoms with E-state index in [0.717, 1.165) is 25.7 Å². The average Bonchev–Trinajstić information content (AvgIpc) is 3.15. The lowest BCUT2D eigenvalue weighted by atomic mass is 10.0. The van der Waals surface area contributed by atoms with Crippen molar-refractivity contribution in [2.45, 2.75) is 328 Å². The van der Waals surface area contributed by atoms with Gasteiger partial charge < -0.3 is 0 Å². The topological polar surface area (TPSA) is 0 Å². The molecule has 0 amide bonds. The molecule has 1 atom stereocenters. The fourth-order valence-electron chi connectivity index (χ4n) is 8.45. The average molecular weight is 735 g/mol. The maximum absolute atomic E-state index is 14.3. The van der Waals surface area contributed by atoms with Crippen LogP contribution in [-0.2, 0) is 0 Å². The first-order chi connectivity index (χ1) is 25.8. The van der Waals surface area contributed by atoms with Gasteiger partial charge in [-0.05, 0) is 12.8 Å². The van der Waals surface area contributed by atoms with Crippen LogP contribution in [0.2, 0.25) is 0 Å². The van der Waals surface area contributed by atoms with Crippen molar-refractivity contribution in [2.75, 3.05) is 0 Å².